The lowest BCUT2D eigenvalue weighted by atomic mass is 9.95. The Labute approximate surface area is 209 Å². The lowest BCUT2D eigenvalue weighted by Crippen LogP contribution is -2.38. The number of hydrogen-bond acceptors (Lipinski definition) is 3. The van der Waals surface area contributed by atoms with Crippen LogP contribution in [0.4, 0.5) is 10.1 Å². The average Bonchev–Trinajstić information content (AvgIpc) is 2.98. The van der Waals surface area contributed by atoms with E-state index in [0.29, 0.717) is 29.8 Å². The molecule has 35 heavy (non-hydrogen) atoms. The Bertz CT molecular complexity index is 1220. The second-order valence-corrected chi connectivity index (χ2v) is 9.04. The molecule has 0 aliphatic carbocycles. The first-order chi connectivity index (χ1) is 16.9. The number of amides is 2. The van der Waals surface area contributed by atoms with Gasteiger partial charge in [-0.1, -0.05) is 61.8 Å². The summed E-state index contributed by atoms with van der Waals surface area (Å²) >= 11 is 6.23. The van der Waals surface area contributed by atoms with Gasteiger partial charge in [0.1, 0.15) is 11.6 Å². The van der Waals surface area contributed by atoms with E-state index in [4.69, 9.17) is 16.3 Å². The van der Waals surface area contributed by atoms with E-state index >= 15 is 0 Å². The van der Waals surface area contributed by atoms with Crippen LogP contribution in [0.15, 0.2) is 66.7 Å². The SMILES string of the molecule is CC[C@@H]1Oc2ccc(NC(=O)[C@H](CC)c3ccccc3)cc2CN(Cc2ccc(F)cc2Cl)C1=O. The predicted octanol–water partition coefficient (Wildman–Crippen LogP) is 6.31. The van der Waals surface area contributed by atoms with E-state index in [2.05, 4.69) is 5.32 Å². The highest BCUT2D eigenvalue weighted by molar-refractivity contribution is 6.31. The van der Waals surface area contributed by atoms with Crippen molar-refractivity contribution in [1.29, 1.82) is 0 Å². The molecule has 1 aliphatic heterocycles. The summed E-state index contributed by atoms with van der Waals surface area (Å²) in [6.45, 7) is 4.37. The smallest absolute Gasteiger partial charge is 0.264 e. The van der Waals surface area contributed by atoms with Gasteiger partial charge in [0.15, 0.2) is 6.10 Å². The molecule has 0 radical (unpaired) electrons. The summed E-state index contributed by atoms with van der Waals surface area (Å²) in [5.74, 6) is -0.349. The second kappa shape index (κ2) is 10.9. The maximum Gasteiger partial charge on any atom is 0.264 e. The van der Waals surface area contributed by atoms with Gasteiger partial charge >= 0.3 is 0 Å². The van der Waals surface area contributed by atoms with Gasteiger partial charge in [0.2, 0.25) is 5.91 Å². The van der Waals surface area contributed by atoms with E-state index in [1.165, 1.54) is 12.1 Å². The summed E-state index contributed by atoms with van der Waals surface area (Å²) < 4.78 is 19.5. The van der Waals surface area contributed by atoms with E-state index in [1.54, 1.807) is 23.1 Å². The van der Waals surface area contributed by atoms with Crippen molar-refractivity contribution in [2.24, 2.45) is 0 Å². The fourth-order valence-corrected chi connectivity index (χ4v) is 4.55. The number of nitrogens with one attached hydrogen (secondary N) is 1. The van der Waals surface area contributed by atoms with E-state index in [1.807, 2.05) is 50.2 Å². The Kier molecular flexibility index (Phi) is 7.71. The first kappa shape index (κ1) is 24.7. The quantitative estimate of drug-likeness (QED) is 0.418. The summed E-state index contributed by atoms with van der Waals surface area (Å²) in [4.78, 5) is 27.9. The molecule has 5 nitrogen and oxygen atoms in total. The van der Waals surface area contributed by atoms with Gasteiger partial charge in [-0.05, 0) is 54.3 Å². The standard InChI is InChI=1S/C28H28ClFN2O3/c1-3-23(18-8-6-5-7-9-18)27(33)31-22-12-13-26-20(14-22)17-32(28(34)25(4-2)35-26)16-19-10-11-21(30)15-24(19)29/h5-15,23,25H,3-4,16-17H2,1-2H3,(H,31,33)/t23-,25+/m1/s1. The minimum absolute atomic E-state index is 0.0920. The number of ether oxygens (including phenoxy) is 1. The van der Waals surface area contributed by atoms with Gasteiger partial charge in [0, 0.05) is 29.4 Å². The zero-order chi connectivity index (χ0) is 24.9. The third-order valence-corrected chi connectivity index (χ3v) is 6.57. The summed E-state index contributed by atoms with van der Waals surface area (Å²) in [6.07, 6.45) is 0.529. The number of hydrogen-bond donors (Lipinski definition) is 1. The van der Waals surface area contributed by atoms with Crippen LogP contribution in [0.5, 0.6) is 5.75 Å². The molecule has 0 saturated carbocycles. The van der Waals surface area contributed by atoms with E-state index in [-0.39, 0.29) is 35.8 Å². The van der Waals surface area contributed by atoms with Crippen molar-refractivity contribution in [3.05, 3.63) is 94.3 Å². The van der Waals surface area contributed by atoms with Crippen molar-refractivity contribution < 1.29 is 18.7 Å². The molecule has 2 atom stereocenters. The number of rotatable bonds is 7. The Hall–Kier alpha value is -3.38. The van der Waals surface area contributed by atoms with Gasteiger partial charge in [0.25, 0.3) is 5.91 Å². The molecule has 0 bridgehead atoms. The average molecular weight is 495 g/mol. The molecule has 3 aromatic rings. The minimum atomic E-state index is -0.640. The Morgan fingerprint density at radius 2 is 1.91 bits per heavy atom. The van der Waals surface area contributed by atoms with Crippen molar-refractivity contribution in [1.82, 2.24) is 4.90 Å². The first-order valence-electron chi connectivity index (χ1n) is 11.8. The number of carbonyl (C=O) groups excluding carboxylic acids is 2. The van der Waals surface area contributed by atoms with Crippen LogP contribution in [0.3, 0.4) is 0 Å². The topological polar surface area (TPSA) is 58.6 Å². The molecule has 0 unspecified atom stereocenters. The summed E-state index contributed by atoms with van der Waals surface area (Å²) in [6, 6.07) is 19.3. The van der Waals surface area contributed by atoms with Gasteiger partial charge in [-0.2, -0.15) is 0 Å². The number of fused-ring (bicyclic) bond motifs is 1. The molecule has 4 rings (SSSR count). The highest BCUT2D eigenvalue weighted by Gasteiger charge is 2.30. The molecule has 0 spiro atoms. The number of benzene rings is 3. The molecule has 2 amide bonds. The first-order valence-corrected chi connectivity index (χ1v) is 12.2. The predicted molar refractivity (Wildman–Crippen MR) is 135 cm³/mol. The van der Waals surface area contributed by atoms with E-state index < -0.39 is 11.9 Å². The third kappa shape index (κ3) is 5.65. The second-order valence-electron chi connectivity index (χ2n) is 8.63. The van der Waals surface area contributed by atoms with Gasteiger partial charge in [0.05, 0.1) is 5.92 Å². The maximum atomic E-state index is 13.5. The molecular weight excluding hydrogens is 467 g/mol. The van der Waals surface area contributed by atoms with Gasteiger partial charge < -0.3 is 15.0 Å². The van der Waals surface area contributed by atoms with Crippen molar-refractivity contribution in [3.8, 4) is 5.75 Å². The van der Waals surface area contributed by atoms with Crippen LogP contribution in [0.2, 0.25) is 5.02 Å². The van der Waals surface area contributed by atoms with Gasteiger partial charge in [-0.3, -0.25) is 9.59 Å². The van der Waals surface area contributed by atoms with E-state index in [9.17, 15) is 14.0 Å². The highest BCUT2D eigenvalue weighted by Crippen LogP contribution is 2.32. The molecule has 7 heteroatoms. The molecule has 1 N–H and O–H groups in total. The summed E-state index contributed by atoms with van der Waals surface area (Å²) in [5, 5.41) is 3.28. The molecule has 182 valence electrons. The Balaban J connectivity index is 1.58. The zero-order valence-electron chi connectivity index (χ0n) is 19.8. The van der Waals surface area contributed by atoms with E-state index in [0.717, 1.165) is 11.1 Å². The zero-order valence-corrected chi connectivity index (χ0v) is 20.5. The number of halogens is 2. The van der Waals surface area contributed by atoms with Crippen molar-refractivity contribution in [2.45, 2.75) is 51.8 Å². The highest BCUT2D eigenvalue weighted by atomic mass is 35.5. The Morgan fingerprint density at radius 1 is 1.14 bits per heavy atom. The molecule has 0 aromatic heterocycles. The van der Waals surface area contributed by atoms with Crippen molar-refractivity contribution in [3.63, 3.8) is 0 Å². The lowest BCUT2D eigenvalue weighted by molar-refractivity contribution is -0.139. The van der Waals surface area contributed by atoms with Crippen LogP contribution in [0, 0.1) is 5.82 Å². The van der Waals surface area contributed by atoms with Crippen LogP contribution in [0.1, 0.15) is 49.3 Å². The van der Waals surface area contributed by atoms with Crippen LogP contribution in [0.25, 0.3) is 0 Å². The maximum absolute atomic E-state index is 13.5. The molecular formula is C28H28ClFN2O3. The van der Waals surface area contributed by atoms with Crippen LogP contribution < -0.4 is 10.1 Å². The largest absolute Gasteiger partial charge is 0.480 e. The van der Waals surface area contributed by atoms with Gasteiger partial charge in [-0.25, -0.2) is 4.39 Å². The van der Waals surface area contributed by atoms with Crippen LogP contribution in [-0.2, 0) is 22.7 Å². The minimum Gasteiger partial charge on any atom is -0.480 e. The molecule has 3 aromatic carbocycles. The fourth-order valence-electron chi connectivity index (χ4n) is 4.32. The molecule has 0 saturated heterocycles. The number of anilines is 1. The lowest BCUT2D eigenvalue weighted by Gasteiger charge is -2.24. The molecule has 1 aliphatic rings. The van der Waals surface area contributed by atoms with Gasteiger partial charge in [-0.15, -0.1) is 0 Å². The van der Waals surface area contributed by atoms with Crippen LogP contribution in [-0.4, -0.2) is 22.8 Å². The third-order valence-electron chi connectivity index (χ3n) is 6.22. The fraction of sp³-hybridized carbons (Fsp3) is 0.286. The normalized spacial score (nSPS) is 16.2. The Morgan fingerprint density at radius 3 is 2.60 bits per heavy atom. The summed E-state index contributed by atoms with van der Waals surface area (Å²) in [7, 11) is 0. The van der Waals surface area contributed by atoms with Crippen LogP contribution >= 0.6 is 11.6 Å². The van der Waals surface area contributed by atoms with Crippen molar-refractivity contribution in [2.75, 3.05) is 5.32 Å². The molecule has 1 heterocycles. The monoisotopic (exact) mass is 494 g/mol. The van der Waals surface area contributed by atoms with Crippen molar-refractivity contribution >= 4 is 29.1 Å². The molecule has 0 fully saturated rings. The number of nitrogens with zero attached hydrogens (tertiary/aromatic N) is 1. The summed E-state index contributed by atoms with van der Waals surface area (Å²) in [5.41, 5.74) is 3.02. The number of carbonyl (C=O) groups is 2.